The molecular weight excluding hydrogens is 485 g/mol. The maximum absolute atomic E-state index is 13.9. The summed E-state index contributed by atoms with van der Waals surface area (Å²) in [6.45, 7) is 4.07. The number of aromatic nitrogens is 1. The van der Waals surface area contributed by atoms with Crippen LogP contribution in [0.4, 0.5) is 4.39 Å². The van der Waals surface area contributed by atoms with Gasteiger partial charge in [-0.25, -0.2) is 4.39 Å². The molecule has 8 heteroatoms. The van der Waals surface area contributed by atoms with Gasteiger partial charge in [-0.2, -0.15) is 0 Å². The smallest absolute Gasteiger partial charge is 0.226 e. The Morgan fingerprint density at radius 3 is 2.68 bits per heavy atom. The molecule has 202 valence electrons. The fourth-order valence-corrected chi connectivity index (χ4v) is 6.86. The number of aliphatic hydroxyl groups is 1. The molecule has 0 bridgehead atoms. The maximum Gasteiger partial charge on any atom is 0.226 e. The Morgan fingerprint density at radius 2 is 1.97 bits per heavy atom. The van der Waals surface area contributed by atoms with Gasteiger partial charge in [-0.15, -0.1) is 0 Å². The third-order valence-corrected chi connectivity index (χ3v) is 8.88. The Morgan fingerprint density at radius 1 is 1.18 bits per heavy atom. The van der Waals surface area contributed by atoms with Crippen molar-refractivity contribution < 1.29 is 23.8 Å². The van der Waals surface area contributed by atoms with Gasteiger partial charge in [-0.3, -0.25) is 9.69 Å². The van der Waals surface area contributed by atoms with Crippen molar-refractivity contribution in [1.82, 2.24) is 14.8 Å². The number of amides is 1. The second-order valence-corrected chi connectivity index (χ2v) is 11.1. The van der Waals surface area contributed by atoms with Crippen molar-refractivity contribution in [3.05, 3.63) is 65.1 Å². The Hall–Kier alpha value is -2.94. The summed E-state index contributed by atoms with van der Waals surface area (Å²) in [6, 6.07) is 12.5. The van der Waals surface area contributed by atoms with Gasteiger partial charge >= 0.3 is 0 Å². The zero-order valence-electron chi connectivity index (χ0n) is 21.9. The van der Waals surface area contributed by atoms with Gasteiger partial charge in [-0.05, 0) is 74.2 Å². The predicted octanol–water partition coefficient (Wildman–Crippen LogP) is 4.15. The maximum atomic E-state index is 13.9. The van der Waals surface area contributed by atoms with Crippen molar-refractivity contribution in [3.63, 3.8) is 0 Å². The molecule has 1 atom stereocenters. The van der Waals surface area contributed by atoms with Crippen LogP contribution in [-0.4, -0.2) is 72.4 Å². The molecular formula is C30H36FN3O4. The van der Waals surface area contributed by atoms with E-state index in [0.29, 0.717) is 26.3 Å². The lowest BCUT2D eigenvalue weighted by molar-refractivity contribution is -0.144. The van der Waals surface area contributed by atoms with Crippen LogP contribution in [-0.2, 0) is 21.5 Å². The number of likely N-dealkylation sites (tertiary alicyclic amines) is 1. The van der Waals surface area contributed by atoms with Crippen molar-refractivity contribution in [1.29, 1.82) is 0 Å². The third-order valence-electron chi connectivity index (χ3n) is 8.88. The number of aliphatic hydroxyl groups excluding tert-OH is 1. The number of aromatic amines is 1. The van der Waals surface area contributed by atoms with Crippen LogP contribution < -0.4 is 4.74 Å². The number of carbonyl (C=O) groups excluding carboxylic acids is 1. The highest BCUT2D eigenvalue weighted by Gasteiger charge is 2.49. The zero-order valence-corrected chi connectivity index (χ0v) is 21.9. The molecule has 1 aromatic heterocycles. The van der Waals surface area contributed by atoms with Crippen LogP contribution in [0.3, 0.4) is 0 Å². The fraction of sp³-hybridized carbons (Fsp3) is 0.500. The number of methoxy groups -OCH3 is 1. The van der Waals surface area contributed by atoms with E-state index >= 15 is 0 Å². The number of rotatable bonds is 5. The molecule has 2 fully saturated rings. The van der Waals surface area contributed by atoms with Crippen LogP contribution in [0.1, 0.15) is 48.5 Å². The van der Waals surface area contributed by atoms with Gasteiger partial charge in [0.25, 0.3) is 0 Å². The monoisotopic (exact) mass is 521 g/mol. The Kier molecular flexibility index (Phi) is 6.88. The summed E-state index contributed by atoms with van der Waals surface area (Å²) >= 11 is 0. The first-order valence-electron chi connectivity index (χ1n) is 13.7. The molecule has 2 saturated heterocycles. The van der Waals surface area contributed by atoms with E-state index in [1.165, 1.54) is 11.6 Å². The molecule has 4 heterocycles. The number of halogens is 1. The van der Waals surface area contributed by atoms with Crippen molar-refractivity contribution in [2.45, 2.75) is 43.7 Å². The molecule has 2 N–H and O–H groups in total. The third kappa shape index (κ3) is 4.48. The van der Waals surface area contributed by atoms with E-state index < -0.39 is 6.04 Å². The molecule has 3 aliphatic heterocycles. The molecule has 0 saturated carbocycles. The van der Waals surface area contributed by atoms with Gasteiger partial charge in [0.1, 0.15) is 11.6 Å². The normalized spacial score (nSPS) is 22.1. The number of hydrogen-bond donors (Lipinski definition) is 2. The second-order valence-electron chi connectivity index (χ2n) is 11.1. The average Bonchev–Trinajstić information content (AvgIpc) is 3.34. The first-order valence-corrected chi connectivity index (χ1v) is 13.7. The molecule has 38 heavy (non-hydrogen) atoms. The topological polar surface area (TPSA) is 78.0 Å². The molecule has 1 amide bonds. The minimum absolute atomic E-state index is 0.0751. The Labute approximate surface area is 222 Å². The number of nitrogens with zero attached hydrogens (tertiary/aromatic N) is 2. The molecule has 7 nitrogen and oxygen atoms in total. The van der Waals surface area contributed by atoms with E-state index in [0.717, 1.165) is 66.7 Å². The van der Waals surface area contributed by atoms with Gasteiger partial charge in [0, 0.05) is 60.3 Å². The SMILES string of the molecule is COc1ccc2c3c([nH]c2c1)[C@H](CO)N(C(=O)C1CCOCC1)CC31CCN(Cc2cccc(F)c2)CC1. The van der Waals surface area contributed by atoms with E-state index in [2.05, 4.69) is 16.0 Å². The van der Waals surface area contributed by atoms with Gasteiger partial charge in [0.05, 0.1) is 19.8 Å². The van der Waals surface area contributed by atoms with E-state index in [4.69, 9.17) is 9.47 Å². The van der Waals surface area contributed by atoms with Crippen LogP contribution in [0.15, 0.2) is 42.5 Å². The van der Waals surface area contributed by atoms with Crippen LogP contribution in [0.25, 0.3) is 10.9 Å². The van der Waals surface area contributed by atoms with E-state index in [1.54, 1.807) is 19.2 Å². The summed E-state index contributed by atoms with van der Waals surface area (Å²) in [6.07, 6.45) is 3.20. The lowest BCUT2D eigenvalue weighted by atomic mass is 9.68. The summed E-state index contributed by atoms with van der Waals surface area (Å²) in [4.78, 5) is 21.8. The lowest BCUT2D eigenvalue weighted by Crippen LogP contribution is -2.56. The van der Waals surface area contributed by atoms with Crippen molar-refractivity contribution >= 4 is 16.8 Å². The average molecular weight is 522 g/mol. The molecule has 3 aliphatic rings. The van der Waals surface area contributed by atoms with Crippen LogP contribution in [0.5, 0.6) is 5.75 Å². The molecule has 0 aliphatic carbocycles. The molecule has 1 spiro atoms. The number of benzene rings is 2. The summed E-state index contributed by atoms with van der Waals surface area (Å²) in [7, 11) is 1.66. The summed E-state index contributed by atoms with van der Waals surface area (Å²) in [5.41, 5.74) is 3.89. The lowest BCUT2D eigenvalue weighted by Gasteiger charge is -2.51. The van der Waals surface area contributed by atoms with Crippen LogP contribution >= 0.6 is 0 Å². The minimum atomic E-state index is -0.408. The first-order chi connectivity index (χ1) is 18.5. The van der Waals surface area contributed by atoms with Crippen molar-refractivity contribution in [3.8, 4) is 5.75 Å². The first kappa shape index (κ1) is 25.3. The van der Waals surface area contributed by atoms with Gasteiger partial charge in [-0.1, -0.05) is 12.1 Å². The summed E-state index contributed by atoms with van der Waals surface area (Å²) < 4.78 is 24.8. The number of nitrogens with one attached hydrogen (secondary N) is 1. The largest absolute Gasteiger partial charge is 0.497 e. The van der Waals surface area contributed by atoms with E-state index in [1.807, 2.05) is 23.1 Å². The minimum Gasteiger partial charge on any atom is -0.497 e. The number of piperidine rings is 1. The Balaban J connectivity index is 1.36. The quantitative estimate of drug-likeness (QED) is 0.528. The summed E-state index contributed by atoms with van der Waals surface area (Å²) in [5.74, 6) is 0.606. The molecule has 0 unspecified atom stereocenters. The molecule has 6 rings (SSSR count). The number of carbonyl (C=O) groups is 1. The Bertz CT molecular complexity index is 1310. The van der Waals surface area contributed by atoms with E-state index in [9.17, 15) is 14.3 Å². The number of H-pyrrole nitrogens is 1. The number of hydrogen-bond acceptors (Lipinski definition) is 5. The highest BCUT2D eigenvalue weighted by atomic mass is 19.1. The molecule has 2 aromatic carbocycles. The van der Waals surface area contributed by atoms with Gasteiger partial charge < -0.3 is 24.5 Å². The molecule has 3 aromatic rings. The highest BCUT2D eigenvalue weighted by Crippen LogP contribution is 2.49. The van der Waals surface area contributed by atoms with E-state index in [-0.39, 0.29) is 29.7 Å². The summed E-state index contributed by atoms with van der Waals surface area (Å²) in [5, 5.41) is 11.7. The second kappa shape index (κ2) is 10.3. The predicted molar refractivity (Wildman–Crippen MR) is 143 cm³/mol. The van der Waals surface area contributed by atoms with Crippen LogP contribution in [0, 0.1) is 11.7 Å². The standard InChI is InChI=1S/C30H36FN3O4/c1-37-23-5-6-24-25(16-23)32-28-26(18-35)34(29(36)21-7-13-38-14-8-21)19-30(27(24)28)9-11-33(12-10-30)17-20-3-2-4-22(31)15-20/h2-6,15-16,21,26,32,35H,7-14,17-19H2,1H3/t26-/m0/s1. The van der Waals surface area contributed by atoms with Crippen molar-refractivity contribution in [2.24, 2.45) is 5.92 Å². The number of fused-ring (bicyclic) bond motifs is 4. The van der Waals surface area contributed by atoms with Crippen LogP contribution in [0.2, 0.25) is 0 Å². The van der Waals surface area contributed by atoms with Crippen molar-refractivity contribution in [2.75, 3.05) is 46.6 Å². The zero-order chi connectivity index (χ0) is 26.3. The fourth-order valence-electron chi connectivity index (χ4n) is 6.86. The molecule has 0 radical (unpaired) electrons. The van der Waals surface area contributed by atoms with Gasteiger partial charge in [0.15, 0.2) is 0 Å². The van der Waals surface area contributed by atoms with Gasteiger partial charge in [0.2, 0.25) is 5.91 Å². The number of ether oxygens (including phenoxy) is 2. The highest BCUT2D eigenvalue weighted by molar-refractivity contribution is 5.89.